The molecule has 372 valence electrons. The van der Waals surface area contributed by atoms with Crippen LogP contribution in [0.4, 0.5) is 11.5 Å². The summed E-state index contributed by atoms with van der Waals surface area (Å²) < 4.78 is 61.6. The number of nitrogen functional groups attached to an aromatic ring is 1. The van der Waals surface area contributed by atoms with Crippen molar-refractivity contribution in [3.63, 3.8) is 0 Å². The first-order chi connectivity index (χ1) is 33.1. The highest BCUT2D eigenvalue weighted by atomic mass is 31.3. The zero-order valence-electron chi connectivity index (χ0n) is 37.3. The molecule has 0 spiro atoms. The number of ether oxygens (including phenoxy) is 2. The maximum atomic E-state index is 13.6. The van der Waals surface area contributed by atoms with Gasteiger partial charge in [-0.2, -0.15) is 13.6 Å². The third kappa shape index (κ3) is 10.7. The number of nitrogens with one attached hydrogen (secondary N) is 1. The van der Waals surface area contributed by atoms with E-state index in [1.807, 2.05) is 12.1 Å². The molecule has 0 aliphatic carbocycles. The number of nitrogens with zero attached hydrogens (tertiary/aromatic N) is 4. The minimum atomic E-state index is -5.86. The third-order valence-electron chi connectivity index (χ3n) is 12.1. The minimum absolute atomic E-state index is 0.0206. The largest absolute Gasteiger partial charge is 0.490 e. The van der Waals surface area contributed by atoms with Gasteiger partial charge in [0.25, 0.3) is 5.91 Å². The molecule has 2 unspecified atom stereocenters. The van der Waals surface area contributed by atoms with Crippen LogP contribution in [0.15, 0.2) is 53.5 Å². The summed E-state index contributed by atoms with van der Waals surface area (Å²) in [5.41, 5.74) is 9.77. The summed E-state index contributed by atoms with van der Waals surface area (Å²) >= 11 is 0. The summed E-state index contributed by atoms with van der Waals surface area (Å²) in [6, 6.07) is 12.7. The van der Waals surface area contributed by atoms with Gasteiger partial charge in [-0.1, -0.05) is 17.9 Å². The molecule has 4 aliphatic rings. The van der Waals surface area contributed by atoms with Crippen LogP contribution in [0.3, 0.4) is 0 Å². The molecule has 27 heteroatoms. The van der Waals surface area contributed by atoms with Crippen LogP contribution in [0, 0.1) is 11.8 Å². The number of carbonyl (C=O) groups excluding carboxylic acids is 1. The topological polar surface area (TPSA) is 352 Å². The van der Waals surface area contributed by atoms with Crippen LogP contribution < -0.4 is 41.5 Å². The summed E-state index contributed by atoms with van der Waals surface area (Å²) in [5, 5.41) is 36.4. The normalized spacial score (nSPS) is 21.2. The van der Waals surface area contributed by atoms with Crippen LogP contribution in [0.25, 0.3) is 5.57 Å². The standard InChI is InChI=1S/C43H47N6O18P3/c1-3-47-14-6-9-23-16-29-33(19-31(23)47)64-34-20-32-24(10-7-15-48(32)4-2)17-30(34)36(29)27-12-11-25(18-28(27)42(53)54)40(52)45-13-5-8-26-21-49(43(55)46-39(26)44)41-38(51)37(50)35(65-41)22-63-69(59,60)67-70(61,62)66-68(56,57)58/h11-12,16-21,35,37-38,41,50-51H,3-4,6-7,9-10,13-15,22H2,1-2H3,(H7-,44,45,46,52,53,54,55,56,57,58,59,60,61,62)/p+1/t35-,37-,38-,41-/m1/s1. The van der Waals surface area contributed by atoms with Gasteiger partial charge in [-0.05, 0) is 68.5 Å². The number of benzene rings is 3. The summed E-state index contributed by atoms with van der Waals surface area (Å²) in [6.45, 7) is 6.18. The van der Waals surface area contributed by atoms with E-state index in [-0.39, 0.29) is 29.1 Å². The van der Waals surface area contributed by atoms with E-state index >= 15 is 0 Å². The van der Waals surface area contributed by atoms with Crippen LogP contribution in [-0.2, 0) is 44.4 Å². The zero-order valence-corrected chi connectivity index (χ0v) is 40.0. The molecule has 0 saturated carbocycles. The average molecular weight is 1030 g/mol. The lowest BCUT2D eigenvalue weighted by atomic mass is 9.86. The zero-order chi connectivity index (χ0) is 50.4. The second kappa shape index (κ2) is 19.9. The Morgan fingerprint density at radius 2 is 1.71 bits per heavy atom. The minimum Gasteiger partial charge on any atom is -0.478 e. The van der Waals surface area contributed by atoms with Crippen LogP contribution >= 0.6 is 23.5 Å². The molecule has 10 N–H and O–H groups in total. The Morgan fingerprint density at radius 1 is 0.957 bits per heavy atom. The van der Waals surface area contributed by atoms with Crippen molar-refractivity contribution in [2.24, 2.45) is 0 Å². The van der Waals surface area contributed by atoms with Crippen molar-refractivity contribution in [3.8, 4) is 23.3 Å². The number of carboxylic acids is 1. The van der Waals surface area contributed by atoms with E-state index in [2.05, 4.69) is 70.7 Å². The number of rotatable bonds is 14. The number of aromatic nitrogens is 2. The second-order valence-electron chi connectivity index (χ2n) is 16.5. The molecule has 5 heterocycles. The van der Waals surface area contributed by atoms with Gasteiger partial charge in [-0.25, -0.2) is 27.9 Å². The number of nitrogens with two attached hydrogens (primary N) is 1. The lowest BCUT2D eigenvalue weighted by Crippen LogP contribution is -2.39. The number of anilines is 2. The van der Waals surface area contributed by atoms with E-state index in [1.54, 1.807) is 6.07 Å². The van der Waals surface area contributed by atoms with Gasteiger partial charge in [0.15, 0.2) is 6.23 Å². The van der Waals surface area contributed by atoms with E-state index in [0.717, 1.165) is 91.0 Å². The molecule has 1 amide bonds. The number of phosphoric ester groups is 1. The molecule has 4 aromatic rings. The van der Waals surface area contributed by atoms with Gasteiger partial charge < -0.3 is 60.3 Å². The van der Waals surface area contributed by atoms with Gasteiger partial charge in [0.2, 0.25) is 5.36 Å². The molecule has 1 aromatic heterocycles. The Balaban J connectivity index is 1.02. The number of hydrogen-bond acceptors (Lipinski definition) is 16. The molecule has 70 heavy (non-hydrogen) atoms. The van der Waals surface area contributed by atoms with E-state index in [0.29, 0.717) is 27.2 Å². The maximum Gasteiger partial charge on any atom is 0.490 e. The first-order valence-corrected chi connectivity index (χ1v) is 26.3. The first kappa shape index (κ1) is 50.8. The van der Waals surface area contributed by atoms with E-state index in [1.165, 1.54) is 12.1 Å². The summed E-state index contributed by atoms with van der Waals surface area (Å²) in [7, 11) is -17.2. The number of aliphatic hydroxyl groups excluding tert-OH is 2. The van der Waals surface area contributed by atoms with Gasteiger partial charge >= 0.3 is 35.1 Å². The Bertz CT molecular complexity index is 3220. The van der Waals surface area contributed by atoms with E-state index in [4.69, 9.17) is 25.0 Å². The Hall–Kier alpha value is -5.60. The number of carboxylic acid groups (broad SMARTS) is 1. The number of hydrogen-bond donors (Lipinski definition) is 9. The fourth-order valence-electron chi connectivity index (χ4n) is 8.92. The predicted molar refractivity (Wildman–Crippen MR) is 246 cm³/mol. The number of fused-ring (bicyclic) bond motifs is 4. The monoisotopic (exact) mass is 1030 g/mol. The van der Waals surface area contributed by atoms with Crippen molar-refractivity contribution in [2.45, 2.75) is 64.1 Å². The summed E-state index contributed by atoms with van der Waals surface area (Å²) in [6.07, 6.45) is -2.69. The van der Waals surface area contributed by atoms with Crippen LogP contribution in [0.5, 0.6) is 11.5 Å². The highest BCUT2D eigenvalue weighted by molar-refractivity contribution is 7.66. The highest BCUT2D eigenvalue weighted by Gasteiger charge is 2.47. The Labute approximate surface area is 397 Å². The summed E-state index contributed by atoms with van der Waals surface area (Å²) in [5.74, 6) is 4.19. The average Bonchev–Trinajstić information content (AvgIpc) is 3.57. The molecule has 1 fully saturated rings. The quantitative estimate of drug-likeness (QED) is 0.0423. The predicted octanol–water partition coefficient (Wildman–Crippen LogP) is 0.850. The van der Waals surface area contributed by atoms with Crippen molar-refractivity contribution in [1.82, 2.24) is 19.4 Å². The molecule has 8 rings (SSSR count). The molecule has 3 aromatic carbocycles. The molecular weight excluding hydrogens is 981 g/mol. The molecule has 0 bridgehead atoms. The van der Waals surface area contributed by atoms with Crippen molar-refractivity contribution in [3.05, 3.63) is 109 Å². The molecule has 6 atom stereocenters. The Kier molecular flexibility index (Phi) is 14.4. The van der Waals surface area contributed by atoms with Gasteiger partial charge in [0.1, 0.15) is 48.7 Å². The van der Waals surface area contributed by atoms with Gasteiger partial charge in [-0.15, -0.1) is 0 Å². The van der Waals surface area contributed by atoms with Gasteiger partial charge in [0.05, 0.1) is 30.3 Å². The van der Waals surface area contributed by atoms with Crippen molar-refractivity contribution >= 4 is 52.4 Å². The number of carbonyl (C=O) groups is 2. The molecule has 24 nitrogen and oxygen atoms in total. The van der Waals surface area contributed by atoms with Crippen molar-refractivity contribution < 1.29 is 80.8 Å². The second-order valence-corrected chi connectivity index (χ2v) is 20.9. The van der Waals surface area contributed by atoms with Gasteiger partial charge in [-0.3, -0.25) is 13.9 Å². The molecule has 1 saturated heterocycles. The molecule has 0 radical (unpaired) electrons. The van der Waals surface area contributed by atoms with E-state index in [9.17, 15) is 53.2 Å². The number of amides is 1. The third-order valence-corrected chi connectivity index (χ3v) is 15.9. The highest BCUT2D eigenvalue weighted by Crippen LogP contribution is 2.66. The van der Waals surface area contributed by atoms with Crippen molar-refractivity contribution in [2.75, 3.05) is 50.0 Å². The van der Waals surface area contributed by atoms with Gasteiger partial charge in [0, 0.05) is 64.9 Å². The maximum absolute atomic E-state index is 13.6. The lowest BCUT2D eigenvalue weighted by Gasteiger charge is -2.32. The number of aryl methyl sites for hydroxylation is 2. The smallest absolute Gasteiger partial charge is 0.478 e. The van der Waals surface area contributed by atoms with Crippen LogP contribution in [0.1, 0.15) is 81.5 Å². The van der Waals surface area contributed by atoms with Crippen LogP contribution in [-0.4, -0.2) is 114 Å². The van der Waals surface area contributed by atoms with E-state index < -0.39 is 72.2 Å². The number of aliphatic hydroxyl groups is 2. The lowest BCUT2D eigenvalue weighted by molar-refractivity contribution is -0.0541. The summed E-state index contributed by atoms with van der Waals surface area (Å²) in [4.78, 5) is 82.1. The van der Waals surface area contributed by atoms with Crippen molar-refractivity contribution in [1.29, 1.82) is 0 Å². The number of aromatic carboxylic acids is 1. The van der Waals surface area contributed by atoms with Crippen LogP contribution in [0.2, 0.25) is 0 Å². The first-order valence-electron chi connectivity index (χ1n) is 21.8. The SMILES string of the molecule is CCN1CCCc2cc3c(cc21)Oc1cc2c(cc1=C3c1ccc(C(=O)NCC#Cc3cn([C@@H]4O[C@H](COP(=O)(O)OP(=O)(O)OP(=O)(O)O)[C@@H](O)[C@H]4O)c(=O)nc3N)cc1C(=O)O)CCC[N+]=2CC. The fourth-order valence-corrected chi connectivity index (χ4v) is 12.0. The number of phosphoric acid groups is 3. The fraction of sp³-hybridized carbons (Fsp3) is 0.372. The molecular formula is C43H48N6O18P3+. The molecule has 4 aliphatic heterocycles. The Morgan fingerprint density at radius 3 is 2.43 bits per heavy atom.